The van der Waals surface area contributed by atoms with Gasteiger partial charge in [-0.1, -0.05) is 11.6 Å². The lowest BCUT2D eigenvalue weighted by molar-refractivity contribution is 0.275. The molecule has 0 aromatic heterocycles. The maximum absolute atomic E-state index is 13.2. The molecule has 0 atom stereocenters. The minimum Gasteiger partial charge on any atom is -0.392 e. The number of aryl methyl sites for hydroxylation is 1. The second kappa shape index (κ2) is 3.73. The minimum atomic E-state index is -0.492. The third kappa shape index (κ3) is 1.63. The van der Waals surface area contributed by atoms with Crippen LogP contribution in [0.15, 0.2) is 10.5 Å². The Labute approximate surface area is 83.3 Å². The summed E-state index contributed by atoms with van der Waals surface area (Å²) in [6, 6.07) is 1.58. The predicted molar refractivity (Wildman–Crippen MR) is 49.8 cm³/mol. The van der Waals surface area contributed by atoms with Crippen molar-refractivity contribution in [2.75, 3.05) is 0 Å². The number of hydrogen-bond acceptors (Lipinski definition) is 1. The monoisotopic (exact) mass is 252 g/mol. The zero-order valence-corrected chi connectivity index (χ0v) is 8.71. The van der Waals surface area contributed by atoms with Gasteiger partial charge >= 0.3 is 0 Å². The topological polar surface area (TPSA) is 20.2 Å². The number of aliphatic hydroxyl groups excluding tert-OH is 1. The summed E-state index contributed by atoms with van der Waals surface area (Å²) >= 11 is 8.78. The molecule has 0 radical (unpaired) electrons. The van der Waals surface area contributed by atoms with Gasteiger partial charge in [0.05, 0.1) is 16.1 Å². The van der Waals surface area contributed by atoms with E-state index in [4.69, 9.17) is 16.7 Å². The third-order valence-electron chi connectivity index (χ3n) is 1.59. The number of hydrogen-bond donors (Lipinski definition) is 1. The summed E-state index contributed by atoms with van der Waals surface area (Å²) in [6.45, 7) is 1.37. The summed E-state index contributed by atoms with van der Waals surface area (Å²) in [4.78, 5) is 0. The van der Waals surface area contributed by atoms with Crippen LogP contribution < -0.4 is 0 Å². The van der Waals surface area contributed by atoms with Gasteiger partial charge in [0.15, 0.2) is 0 Å². The first-order chi connectivity index (χ1) is 5.57. The van der Waals surface area contributed by atoms with Crippen molar-refractivity contribution >= 4 is 27.5 Å². The van der Waals surface area contributed by atoms with E-state index in [0.717, 1.165) is 5.56 Å². The summed E-state index contributed by atoms with van der Waals surface area (Å²) in [5, 5.41) is 9.09. The Morgan fingerprint density at radius 1 is 1.67 bits per heavy atom. The van der Waals surface area contributed by atoms with Crippen molar-refractivity contribution in [2.24, 2.45) is 0 Å². The van der Waals surface area contributed by atoms with Crippen molar-refractivity contribution in [1.29, 1.82) is 0 Å². The molecular formula is C8H7BrClFO. The van der Waals surface area contributed by atoms with Crippen LogP contribution in [0.3, 0.4) is 0 Å². The Morgan fingerprint density at radius 3 is 2.75 bits per heavy atom. The standard InChI is InChI=1S/C8H7BrClFO/c1-4-2-6(9)8(11)5(3-12)7(4)10/h2,12H,3H2,1H3. The molecule has 0 amide bonds. The molecule has 1 rings (SSSR count). The second-order valence-electron chi connectivity index (χ2n) is 2.44. The normalized spacial score (nSPS) is 10.4. The Bertz CT molecular complexity index is 288. The molecule has 12 heavy (non-hydrogen) atoms. The molecule has 1 aromatic rings. The van der Waals surface area contributed by atoms with Crippen LogP contribution >= 0.6 is 27.5 Å². The van der Waals surface area contributed by atoms with Crippen molar-refractivity contribution in [3.05, 3.63) is 32.5 Å². The molecular weight excluding hydrogens is 246 g/mol. The molecule has 0 saturated heterocycles. The van der Waals surface area contributed by atoms with Crippen LogP contribution in [-0.2, 0) is 6.61 Å². The van der Waals surface area contributed by atoms with E-state index < -0.39 is 5.82 Å². The molecule has 0 aliphatic rings. The molecule has 0 saturated carbocycles. The van der Waals surface area contributed by atoms with Gasteiger partial charge in [-0.05, 0) is 34.5 Å². The lowest BCUT2D eigenvalue weighted by atomic mass is 10.1. The van der Waals surface area contributed by atoms with E-state index in [0.29, 0.717) is 9.50 Å². The molecule has 1 N–H and O–H groups in total. The molecule has 0 fully saturated rings. The maximum Gasteiger partial charge on any atom is 0.144 e. The van der Waals surface area contributed by atoms with Gasteiger partial charge in [0.1, 0.15) is 5.82 Å². The first-order valence-electron chi connectivity index (χ1n) is 3.31. The van der Waals surface area contributed by atoms with Crippen LogP contribution in [0.25, 0.3) is 0 Å². The van der Waals surface area contributed by atoms with Gasteiger partial charge in [0.2, 0.25) is 0 Å². The lowest BCUT2D eigenvalue weighted by Crippen LogP contribution is -1.94. The smallest absolute Gasteiger partial charge is 0.144 e. The van der Waals surface area contributed by atoms with E-state index in [1.54, 1.807) is 13.0 Å². The van der Waals surface area contributed by atoms with Crippen LogP contribution in [0.2, 0.25) is 5.02 Å². The van der Waals surface area contributed by atoms with Crippen LogP contribution in [0, 0.1) is 12.7 Å². The zero-order valence-electron chi connectivity index (χ0n) is 6.37. The van der Waals surface area contributed by atoms with E-state index >= 15 is 0 Å². The molecule has 0 aliphatic heterocycles. The lowest BCUT2D eigenvalue weighted by Gasteiger charge is -2.06. The summed E-state index contributed by atoms with van der Waals surface area (Å²) in [7, 11) is 0. The molecule has 4 heteroatoms. The van der Waals surface area contributed by atoms with Crippen LogP contribution in [0.5, 0.6) is 0 Å². The fraction of sp³-hybridized carbons (Fsp3) is 0.250. The van der Waals surface area contributed by atoms with Crippen molar-refractivity contribution < 1.29 is 9.50 Å². The van der Waals surface area contributed by atoms with E-state index in [1.165, 1.54) is 0 Å². The average Bonchev–Trinajstić information content (AvgIpc) is 2.02. The van der Waals surface area contributed by atoms with E-state index in [1.807, 2.05) is 0 Å². The first-order valence-corrected chi connectivity index (χ1v) is 4.49. The Kier molecular flexibility index (Phi) is 3.09. The summed E-state index contributed by atoms with van der Waals surface area (Å²) in [6.07, 6.45) is 0. The molecule has 0 bridgehead atoms. The van der Waals surface area contributed by atoms with Crippen LogP contribution in [0.1, 0.15) is 11.1 Å². The predicted octanol–water partition coefficient (Wildman–Crippen LogP) is 3.04. The van der Waals surface area contributed by atoms with Gasteiger partial charge < -0.3 is 5.11 Å². The first kappa shape index (κ1) is 9.96. The van der Waals surface area contributed by atoms with Gasteiger partial charge in [0, 0.05) is 5.56 Å². The number of aliphatic hydroxyl groups is 1. The SMILES string of the molecule is Cc1cc(Br)c(F)c(CO)c1Cl. The molecule has 1 nitrogen and oxygen atoms in total. The number of rotatable bonds is 1. The highest BCUT2D eigenvalue weighted by Gasteiger charge is 2.12. The van der Waals surface area contributed by atoms with Gasteiger partial charge in [-0.15, -0.1) is 0 Å². The molecule has 0 heterocycles. The molecule has 1 aromatic carbocycles. The quantitative estimate of drug-likeness (QED) is 0.763. The zero-order chi connectivity index (χ0) is 9.30. The van der Waals surface area contributed by atoms with E-state index in [9.17, 15) is 4.39 Å². The van der Waals surface area contributed by atoms with E-state index in [2.05, 4.69) is 15.9 Å². The second-order valence-corrected chi connectivity index (χ2v) is 3.67. The largest absolute Gasteiger partial charge is 0.392 e. The van der Waals surface area contributed by atoms with Crippen molar-refractivity contribution in [3.8, 4) is 0 Å². The van der Waals surface area contributed by atoms with Gasteiger partial charge in [-0.2, -0.15) is 0 Å². The summed E-state index contributed by atoms with van der Waals surface area (Å²) in [5.41, 5.74) is 0.887. The van der Waals surface area contributed by atoms with Crippen molar-refractivity contribution in [3.63, 3.8) is 0 Å². The fourth-order valence-corrected chi connectivity index (χ4v) is 1.71. The molecule has 0 unspecified atom stereocenters. The fourth-order valence-electron chi connectivity index (χ4n) is 0.934. The highest BCUT2D eigenvalue weighted by molar-refractivity contribution is 9.10. The van der Waals surface area contributed by atoms with Gasteiger partial charge in [0.25, 0.3) is 0 Å². The van der Waals surface area contributed by atoms with Crippen LogP contribution in [0.4, 0.5) is 4.39 Å². The highest BCUT2D eigenvalue weighted by atomic mass is 79.9. The van der Waals surface area contributed by atoms with Gasteiger partial charge in [-0.3, -0.25) is 0 Å². The van der Waals surface area contributed by atoms with Gasteiger partial charge in [-0.25, -0.2) is 4.39 Å². The summed E-state index contributed by atoms with van der Waals surface area (Å²) < 4.78 is 13.5. The maximum atomic E-state index is 13.2. The average molecular weight is 253 g/mol. The molecule has 0 aliphatic carbocycles. The number of halogens is 3. The number of benzene rings is 1. The van der Waals surface area contributed by atoms with E-state index in [-0.39, 0.29) is 12.2 Å². The minimum absolute atomic E-state index is 0.142. The highest BCUT2D eigenvalue weighted by Crippen LogP contribution is 2.29. The molecule has 0 spiro atoms. The summed E-state index contributed by atoms with van der Waals surface area (Å²) in [5.74, 6) is -0.492. The van der Waals surface area contributed by atoms with Crippen molar-refractivity contribution in [2.45, 2.75) is 13.5 Å². The third-order valence-corrected chi connectivity index (χ3v) is 2.69. The Morgan fingerprint density at radius 2 is 2.25 bits per heavy atom. The Balaban J connectivity index is 3.42. The van der Waals surface area contributed by atoms with Crippen LogP contribution in [-0.4, -0.2) is 5.11 Å². The molecule has 66 valence electrons. The Hall–Kier alpha value is -0.120. The van der Waals surface area contributed by atoms with Crippen molar-refractivity contribution in [1.82, 2.24) is 0 Å².